The molecule has 2 unspecified atom stereocenters. The SMILES string of the molecule is N#CN1CC2CC2(NC(=O)c2cc(-c3ccccc3Oc3ccccc3)[nH]n2)C1. The van der Waals surface area contributed by atoms with E-state index in [-0.39, 0.29) is 11.4 Å². The Morgan fingerprint density at radius 3 is 2.83 bits per heavy atom. The van der Waals surface area contributed by atoms with Gasteiger partial charge in [-0.2, -0.15) is 10.4 Å². The number of carbonyl (C=O) groups excluding carboxylic acids is 1. The van der Waals surface area contributed by atoms with Gasteiger partial charge in [0.05, 0.1) is 17.8 Å². The summed E-state index contributed by atoms with van der Waals surface area (Å²) >= 11 is 0. The highest BCUT2D eigenvalue weighted by Gasteiger charge is 2.61. The molecule has 2 aromatic carbocycles. The summed E-state index contributed by atoms with van der Waals surface area (Å²) in [5, 5.41) is 19.3. The Kier molecular flexibility index (Phi) is 3.98. The second-order valence-electron chi connectivity index (χ2n) is 7.57. The quantitative estimate of drug-likeness (QED) is 0.658. The number of nitriles is 1. The van der Waals surface area contributed by atoms with Crippen LogP contribution in [-0.2, 0) is 0 Å². The molecule has 3 aromatic rings. The second-order valence-corrected chi connectivity index (χ2v) is 7.57. The largest absolute Gasteiger partial charge is 0.457 e. The standard InChI is InChI=1S/C22H19N5O2/c23-14-27-12-15-11-22(15,13-27)24-21(28)19-10-18(25-26-19)17-8-4-5-9-20(17)29-16-6-2-1-3-7-16/h1-10,15H,11-13H2,(H,24,28)(H,25,26). The average Bonchev–Trinajstić information content (AvgIpc) is 3.10. The first-order chi connectivity index (χ1) is 14.2. The van der Waals surface area contributed by atoms with Crippen LogP contribution in [0.2, 0.25) is 0 Å². The highest BCUT2D eigenvalue weighted by atomic mass is 16.5. The fourth-order valence-corrected chi connectivity index (χ4v) is 4.01. The molecule has 29 heavy (non-hydrogen) atoms. The van der Waals surface area contributed by atoms with Crippen molar-refractivity contribution < 1.29 is 9.53 Å². The number of aromatic nitrogens is 2. The smallest absolute Gasteiger partial charge is 0.272 e. The van der Waals surface area contributed by atoms with Gasteiger partial charge in [-0.05, 0) is 36.8 Å². The van der Waals surface area contributed by atoms with Crippen LogP contribution in [0.1, 0.15) is 16.9 Å². The second kappa shape index (κ2) is 6.67. The van der Waals surface area contributed by atoms with Crippen LogP contribution in [0.15, 0.2) is 60.7 Å². The summed E-state index contributed by atoms with van der Waals surface area (Å²) in [4.78, 5) is 14.4. The molecular formula is C22H19N5O2. The molecule has 2 heterocycles. The summed E-state index contributed by atoms with van der Waals surface area (Å²) in [5.41, 5.74) is 1.57. The lowest BCUT2D eigenvalue weighted by molar-refractivity contribution is 0.0924. The summed E-state index contributed by atoms with van der Waals surface area (Å²) in [7, 11) is 0. The summed E-state index contributed by atoms with van der Waals surface area (Å²) in [6, 6.07) is 18.9. The first-order valence-electron chi connectivity index (χ1n) is 9.52. The number of carbonyl (C=O) groups is 1. The number of hydrogen-bond acceptors (Lipinski definition) is 5. The number of nitrogens with zero attached hydrogens (tertiary/aromatic N) is 3. The third-order valence-corrected chi connectivity index (χ3v) is 5.61. The third kappa shape index (κ3) is 3.19. The predicted octanol–water partition coefficient (Wildman–Crippen LogP) is 3.15. The molecule has 7 heteroatoms. The minimum atomic E-state index is -0.278. The van der Waals surface area contributed by atoms with Gasteiger partial charge in [-0.3, -0.25) is 9.89 Å². The molecule has 2 aliphatic rings. The first-order valence-corrected chi connectivity index (χ1v) is 9.52. The molecule has 7 nitrogen and oxygen atoms in total. The normalized spacial score (nSPS) is 21.9. The molecule has 144 valence electrons. The summed E-state index contributed by atoms with van der Waals surface area (Å²) in [6.45, 7) is 1.29. The molecule has 0 bridgehead atoms. The van der Waals surface area contributed by atoms with E-state index in [0.717, 1.165) is 17.7 Å². The molecule has 2 fully saturated rings. The minimum absolute atomic E-state index is 0.226. The maximum Gasteiger partial charge on any atom is 0.272 e. The highest BCUT2D eigenvalue weighted by Crippen LogP contribution is 2.49. The van der Waals surface area contributed by atoms with Gasteiger partial charge < -0.3 is 15.0 Å². The summed E-state index contributed by atoms with van der Waals surface area (Å²) in [5.74, 6) is 1.54. The van der Waals surface area contributed by atoms with Gasteiger partial charge in [0, 0.05) is 18.0 Å². The number of hydrogen-bond donors (Lipinski definition) is 2. The number of fused-ring (bicyclic) bond motifs is 1. The molecule has 2 N–H and O–H groups in total. The van der Waals surface area contributed by atoms with Gasteiger partial charge in [0.1, 0.15) is 11.5 Å². The van der Waals surface area contributed by atoms with E-state index in [1.165, 1.54) is 0 Å². The van der Waals surface area contributed by atoms with Crippen molar-refractivity contribution in [2.45, 2.75) is 12.0 Å². The van der Waals surface area contributed by atoms with Gasteiger partial charge in [-0.25, -0.2) is 0 Å². The van der Waals surface area contributed by atoms with Crippen molar-refractivity contribution in [1.29, 1.82) is 5.26 Å². The zero-order valence-electron chi connectivity index (χ0n) is 15.6. The van der Waals surface area contributed by atoms with E-state index < -0.39 is 0 Å². The maximum absolute atomic E-state index is 12.7. The Labute approximate surface area is 167 Å². The zero-order valence-corrected chi connectivity index (χ0v) is 15.6. The van der Waals surface area contributed by atoms with Crippen LogP contribution in [0.5, 0.6) is 11.5 Å². The van der Waals surface area contributed by atoms with E-state index in [2.05, 4.69) is 21.7 Å². The van der Waals surface area contributed by atoms with Crippen molar-refractivity contribution in [2.24, 2.45) is 5.92 Å². The Hall–Kier alpha value is -3.79. The molecule has 0 radical (unpaired) electrons. The molecule has 1 aliphatic heterocycles. The summed E-state index contributed by atoms with van der Waals surface area (Å²) < 4.78 is 6.00. The number of rotatable bonds is 5. The molecule has 1 saturated carbocycles. The number of H-pyrrole nitrogens is 1. The van der Waals surface area contributed by atoms with Crippen molar-refractivity contribution in [3.05, 3.63) is 66.4 Å². The number of aromatic amines is 1. The van der Waals surface area contributed by atoms with E-state index in [0.29, 0.717) is 36.1 Å². The lowest BCUT2D eigenvalue weighted by Crippen LogP contribution is -2.41. The number of ether oxygens (including phenoxy) is 1. The Morgan fingerprint density at radius 2 is 2.03 bits per heavy atom. The average molecular weight is 385 g/mol. The van der Waals surface area contributed by atoms with Crippen molar-refractivity contribution in [3.8, 4) is 28.9 Å². The number of amides is 1. The molecule has 1 aliphatic carbocycles. The van der Waals surface area contributed by atoms with Crippen molar-refractivity contribution in [1.82, 2.24) is 20.4 Å². The molecular weight excluding hydrogens is 366 g/mol. The maximum atomic E-state index is 12.7. The first kappa shape index (κ1) is 17.3. The van der Waals surface area contributed by atoms with Gasteiger partial charge in [0.25, 0.3) is 5.91 Å². The van der Waals surface area contributed by atoms with Crippen LogP contribution < -0.4 is 10.1 Å². The van der Waals surface area contributed by atoms with E-state index >= 15 is 0 Å². The van der Waals surface area contributed by atoms with Crippen molar-refractivity contribution in [3.63, 3.8) is 0 Å². The lowest BCUT2D eigenvalue weighted by atomic mass is 10.1. The van der Waals surface area contributed by atoms with E-state index in [1.54, 1.807) is 11.0 Å². The summed E-state index contributed by atoms with van der Waals surface area (Å²) in [6.07, 6.45) is 3.08. The lowest BCUT2D eigenvalue weighted by Gasteiger charge is -2.16. The van der Waals surface area contributed by atoms with Crippen LogP contribution in [-0.4, -0.2) is 39.6 Å². The van der Waals surface area contributed by atoms with E-state index in [4.69, 9.17) is 10.00 Å². The van der Waals surface area contributed by atoms with E-state index in [9.17, 15) is 4.79 Å². The van der Waals surface area contributed by atoms with Crippen molar-refractivity contribution in [2.75, 3.05) is 13.1 Å². The number of likely N-dealkylation sites (tertiary alicyclic amines) is 1. The number of para-hydroxylation sites is 2. The van der Waals surface area contributed by atoms with Gasteiger partial charge in [0.2, 0.25) is 0 Å². The monoisotopic (exact) mass is 385 g/mol. The van der Waals surface area contributed by atoms with Crippen LogP contribution in [0, 0.1) is 17.4 Å². The predicted molar refractivity (Wildman–Crippen MR) is 106 cm³/mol. The fraction of sp³-hybridized carbons (Fsp3) is 0.227. The zero-order chi connectivity index (χ0) is 19.8. The van der Waals surface area contributed by atoms with Crippen LogP contribution in [0.3, 0.4) is 0 Å². The Balaban J connectivity index is 1.35. The van der Waals surface area contributed by atoms with E-state index in [1.807, 2.05) is 54.6 Å². The van der Waals surface area contributed by atoms with Crippen LogP contribution in [0.25, 0.3) is 11.3 Å². The number of benzene rings is 2. The molecule has 2 atom stereocenters. The van der Waals surface area contributed by atoms with Crippen LogP contribution in [0.4, 0.5) is 0 Å². The highest BCUT2D eigenvalue weighted by molar-refractivity contribution is 5.94. The minimum Gasteiger partial charge on any atom is -0.457 e. The van der Waals surface area contributed by atoms with Gasteiger partial charge in [0.15, 0.2) is 11.9 Å². The molecule has 1 amide bonds. The number of nitrogens with one attached hydrogen (secondary N) is 2. The van der Waals surface area contributed by atoms with Gasteiger partial charge in [-0.15, -0.1) is 0 Å². The van der Waals surface area contributed by atoms with Crippen LogP contribution >= 0.6 is 0 Å². The molecule has 5 rings (SSSR count). The molecule has 1 saturated heterocycles. The fourth-order valence-electron chi connectivity index (χ4n) is 4.01. The molecule has 1 aromatic heterocycles. The molecule has 0 spiro atoms. The topological polar surface area (TPSA) is 94.0 Å². The third-order valence-electron chi connectivity index (χ3n) is 5.61. The number of piperidine rings is 1. The van der Waals surface area contributed by atoms with Gasteiger partial charge >= 0.3 is 0 Å². The van der Waals surface area contributed by atoms with Crippen molar-refractivity contribution >= 4 is 5.91 Å². The van der Waals surface area contributed by atoms with Gasteiger partial charge in [-0.1, -0.05) is 30.3 Å². The Morgan fingerprint density at radius 1 is 1.24 bits per heavy atom. The Bertz CT molecular complexity index is 1100.